The third kappa shape index (κ3) is 3.38. The van der Waals surface area contributed by atoms with Crippen molar-refractivity contribution in [1.29, 1.82) is 0 Å². The Labute approximate surface area is 94.2 Å². The van der Waals surface area contributed by atoms with E-state index in [1.54, 1.807) is 38.1 Å². The fourth-order valence-electron chi connectivity index (χ4n) is 1.000. The summed E-state index contributed by atoms with van der Waals surface area (Å²) in [5.74, 6) is -0.529. The summed E-state index contributed by atoms with van der Waals surface area (Å²) in [4.78, 5) is 22.2. The predicted molar refractivity (Wildman–Crippen MR) is 58.2 cm³/mol. The van der Waals surface area contributed by atoms with Crippen LogP contribution in [-0.4, -0.2) is 11.9 Å². The van der Waals surface area contributed by atoms with Gasteiger partial charge in [0.1, 0.15) is 0 Å². The molecule has 0 aliphatic rings. The SMILES string of the molecule is CC(=O)Oc1ccccc1OC(=O)C(C)C. The Morgan fingerprint density at radius 2 is 1.56 bits per heavy atom. The number of para-hydroxylation sites is 2. The molecule has 4 nitrogen and oxygen atoms in total. The van der Waals surface area contributed by atoms with Crippen LogP contribution in [-0.2, 0) is 9.59 Å². The second kappa shape index (κ2) is 5.30. The standard InChI is InChI=1S/C12H14O4/c1-8(2)12(14)16-11-7-5-4-6-10(11)15-9(3)13/h4-8H,1-3H3. The monoisotopic (exact) mass is 222 g/mol. The normalized spacial score (nSPS) is 10.0. The molecule has 0 N–H and O–H groups in total. The molecule has 0 aliphatic carbocycles. The van der Waals surface area contributed by atoms with E-state index in [0.29, 0.717) is 0 Å². The van der Waals surface area contributed by atoms with Crippen LogP contribution in [0.2, 0.25) is 0 Å². The summed E-state index contributed by atoms with van der Waals surface area (Å²) < 4.78 is 10.0. The van der Waals surface area contributed by atoms with Crippen LogP contribution in [0, 0.1) is 5.92 Å². The molecule has 0 atom stereocenters. The Kier molecular flexibility index (Phi) is 4.05. The van der Waals surface area contributed by atoms with Gasteiger partial charge in [-0.05, 0) is 12.1 Å². The maximum absolute atomic E-state index is 11.4. The highest BCUT2D eigenvalue weighted by atomic mass is 16.6. The first-order chi connectivity index (χ1) is 7.50. The molecule has 0 bridgehead atoms. The highest BCUT2D eigenvalue weighted by molar-refractivity contribution is 5.76. The van der Waals surface area contributed by atoms with Gasteiger partial charge < -0.3 is 9.47 Å². The molecule has 0 aliphatic heterocycles. The lowest BCUT2D eigenvalue weighted by atomic mass is 10.2. The van der Waals surface area contributed by atoms with Crippen molar-refractivity contribution >= 4 is 11.9 Å². The van der Waals surface area contributed by atoms with Crippen molar-refractivity contribution in [3.05, 3.63) is 24.3 Å². The minimum atomic E-state index is -0.451. The fourth-order valence-corrected chi connectivity index (χ4v) is 1.000. The van der Waals surface area contributed by atoms with Crippen LogP contribution in [0.25, 0.3) is 0 Å². The first-order valence-corrected chi connectivity index (χ1v) is 5.00. The smallest absolute Gasteiger partial charge is 0.313 e. The van der Waals surface area contributed by atoms with E-state index in [1.807, 2.05) is 0 Å². The molecular formula is C12H14O4. The Morgan fingerprint density at radius 3 is 2.00 bits per heavy atom. The van der Waals surface area contributed by atoms with Gasteiger partial charge in [0.15, 0.2) is 11.5 Å². The number of ether oxygens (including phenoxy) is 2. The zero-order chi connectivity index (χ0) is 12.1. The highest BCUT2D eigenvalue weighted by Crippen LogP contribution is 2.27. The number of carbonyl (C=O) groups is 2. The summed E-state index contributed by atoms with van der Waals surface area (Å²) in [5.41, 5.74) is 0. The van der Waals surface area contributed by atoms with Crippen LogP contribution in [0.3, 0.4) is 0 Å². The first kappa shape index (κ1) is 12.2. The maximum atomic E-state index is 11.4. The van der Waals surface area contributed by atoms with Gasteiger partial charge in [-0.1, -0.05) is 26.0 Å². The second-order valence-electron chi connectivity index (χ2n) is 3.62. The van der Waals surface area contributed by atoms with Crippen molar-refractivity contribution in [2.24, 2.45) is 5.92 Å². The molecule has 0 heterocycles. The number of benzene rings is 1. The van der Waals surface area contributed by atoms with E-state index in [4.69, 9.17) is 9.47 Å². The Hall–Kier alpha value is -1.84. The van der Waals surface area contributed by atoms with Gasteiger partial charge in [0.25, 0.3) is 0 Å². The van der Waals surface area contributed by atoms with Crippen molar-refractivity contribution in [1.82, 2.24) is 0 Å². The quantitative estimate of drug-likeness (QED) is 0.581. The van der Waals surface area contributed by atoms with Crippen LogP contribution in [0.4, 0.5) is 0 Å². The number of hydrogen-bond acceptors (Lipinski definition) is 4. The number of hydrogen-bond donors (Lipinski definition) is 0. The molecule has 0 saturated heterocycles. The van der Waals surface area contributed by atoms with E-state index in [0.717, 1.165) is 0 Å². The number of esters is 2. The van der Waals surface area contributed by atoms with Crippen LogP contribution in [0.15, 0.2) is 24.3 Å². The second-order valence-corrected chi connectivity index (χ2v) is 3.62. The van der Waals surface area contributed by atoms with E-state index >= 15 is 0 Å². The highest BCUT2D eigenvalue weighted by Gasteiger charge is 2.13. The van der Waals surface area contributed by atoms with Gasteiger partial charge in [-0.25, -0.2) is 0 Å². The molecule has 0 spiro atoms. The molecule has 0 fully saturated rings. The molecule has 0 radical (unpaired) electrons. The zero-order valence-electron chi connectivity index (χ0n) is 9.52. The van der Waals surface area contributed by atoms with Gasteiger partial charge in [0.05, 0.1) is 5.92 Å². The summed E-state index contributed by atoms with van der Waals surface area (Å²) in [6.45, 7) is 4.76. The van der Waals surface area contributed by atoms with Crippen LogP contribution >= 0.6 is 0 Å². The molecule has 86 valence electrons. The summed E-state index contributed by atoms with van der Waals surface area (Å²) in [6, 6.07) is 6.56. The first-order valence-electron chi connectivity index (χ1n) is 5.00. The number of rotatable bonds is 3. The summed E-state index contributed by atoms with van der Waals surface area (Å²) in [7, 11) is 0. The lowest BCUT2D eigenvalue weighted by molar-refractivity contribution is -0.138. The van der Waals surface area contributed by atoms with Crippen molar-refractivity contribution in [3.63, 3.8) is 0 Å². The molecular weight excluding hydrogens is 208 g/mol. The minimum absolute atomic E-state index is 0.231. The lowest BCUT2D eigenvalue weighted by Crippen LogP contribution is -2.15. The van der Waals surface area contributed by atoms with Crippen LogP contribution in [0.1, 0.15) is 20.8 Å². The van der Waals surface area contributed by atoms with Crippen LogP contribution in [0.5, 0.6) is 11.5 Å². The van der Waals surface area contributed by atoms with Gasteiger partial charge in [0, 0.05) is 6.92 Å². The topological polar surface area (TPSA) is 52.6 Å². The van der Waals surface area contributed by atoms with Gasteiger partial charge >= 0.3 is 11.9 Å². The zero-order valence-corrected chi connectivity index (χ0v) is 9.52. The third-order valence-electron chi connectivity index (χ3n) is 1.78. The Balaban J connectivity index is 2.86. The van der Waals surface area contributed by atoms with Crippen molar-refractivity contribution in [2.45, 2.75) is 20.8 Å². The molecule has 0 saturated carbocycles. The molecule has 0 unspecified atom stereocenters. The summed E-state index contributed by atoms with van der Waals surface area (Å²) in [5, 5.41) is 0. The predicted octanol–water partition coefficient (Wildman–Crippen LogP) is 2.17. The Morgan fingerprint density at radius 1 is 1.06 bits per heavy atom. The van der Waals surface area contributed by atoms with Crippen molar-refractivity contribution in [2.75, 3.05) is 0 Å². The van der Waals surface area contributed by atoms with E-state index in [-0.39, 0.29) is 23.4 Å². The van der Waals surface area contributed by atoms with E-state index in [9.17, 15) is 9.59 Å². The van der Waals surface area contributed by atoms with Crippen molar-refractivity contribution < 1.29 is 19.1 Å². The summed E-state index contributed by atoms with van der Waals surface area (Å²) in [6.07, 6.45) is 0. The van der Waals surface area contributed by atoms with Crippen molar-refractivity contribution in [3.8, 4) is 11.5 Å². The van der Waals surface area contributed by atoms with E-state index < -0.39 is 5.97 Å². The summed E-state index contributed by atoms with van der Waals surface area (Å²) >= 11 is 0. The largest absolute Gasteiger partial charge is 0.423 e. The van der Waals surface area contributed by atoms with Gasteiger partial charge in [0.2, 0.25) is 0 Å². The average molecular weight is 222 g/mol. The molecule has 1 aromatic carbocycles. The van der Waals surface area contributed by atoms with Gasteiger partial charge in [-0.15, -0.1) is 0 Å². The molecule has 0 amide bonds. The third-order valence-corrected chi connectivity index (χ3v) is 1.78. The molecule has 4 heteroatoms. The lowest BCUT2D eigenvalue weighted by Gasteiger charge is -2.10. The van der Waals surface area contributed by atoms with Gasteiger partial charge in [-0.3, -0.25) is 9.59 Å². The molecule has 16 heavy (non-hydrogen) atoms. The molecule has 1 rings (SSSR count). The van der Waals surface area contributed by atoms with E-state index in [2.05, 4.69) is 0 Å². The number of carbonyl (C=O) groups excluding carboxylic acids is 2. The van der Waals surface area contributed by atoms with E-state index in [1.165, 1.54) is 6.92 Å². The minimum Gasteiger partial charge on any atom is -0.423 e. The van der Waals surface area contributed by atoms with Gasteiger partial charge in [-0.2, -0.15) is 0 Å². The Bertz CT molecular complexity index is 396. The molecule has 0 aromatic heterocycles. The van der Waals surface area contributed by atoms with Crippen LogP contribution < -0.4 is 9.47 Å². The molecule has 1 aromatic rings. The fraction of sp³-hybridized carbons (Fsp3) is 0.333. The average Bonchev–Trinajstić information content (AvgIpc) is 2.20. The maximum Gasteiger partial charge on any atom is 0.313 e.